The summed E-state index contributed by atoms with van der Waals surface area (Å²) in [6, 6.07) is 0. The standard InChI is InChI=1S/C10H17NS/c1-5-6-10(3,4)9-7-11-8(2)12-9/h7H,5-6H2,1-4H3. The Morgan fingerprint density at radius 2 is 2.17 bits per heavy atom. The van der Waals surface area contributed by atoms with E-state index in [1.54, 1.807) is 0 Å². The number of aryl methyl sites for hydroxylation is 1. The predicted octanol–water partition coefficient (Wildman–Crippen LogP) is 3.53. The molecule has 1 aromatic heterocycles. The number of thiazole rings is 1. The SMILES string of the molecule is CCCC(C)(C)c1cnc(C)s1. The van der Waals surface area contributed by atoms with Crippen molar-refractivity contribution < 1.29 is 0 Å². The summed E-state index contributed by atoms with van der Waals surface area (Å²) in [7, 11) is 0. The monoisotopic (exact) mass is 183 g/mol. The fraction of sp³-hybridized carbons (Fsp3) is 0.700. The van der Waals surface area contributed by atoms with Crippen molar-refractivity contribution in [3.05, 3.63) is 16.1 Å². The van der Waals surface area contributed by atoms with Gasteiger partial charge in [-0.15, -0.1) is 11.3 Å². The molecule has 0 radical (unpaired) electrons. The van der Waals surface area contributed by atoms with Gasteiger partial charge in [0.2, 0.25) is 0 Å². The quantitative estimate of drug-likeness (QED) is 0.698. The van der Waals surface area contributed by atoms with E-state index in [4.69, 9.17) is 0 Å². The molecule has 0 N–H and O–H groups in total. The van der Waals surface area contributed by atoms with Crippen LogP contribution in [0.4, 0.5) is 0 Å². The van der Waals surface area contributed by atoms with Crippen molar-refractivity contribution in [3.8, 4) is 0 Å². The van der Waals surface area contributed by atoms with E-state index < -0.39 is 0 Å². The summed E-state index contributed by atoms with van der Waals surface area (Å²) in [6.45, 7) is 8.89. The minimum Gasteiger partial charge on any atom is -0.250 e. The molecule has 0 atom stereocenters. The van der Waals surface area contributed by atoms with Crippen LogP contribution in [0, 0.1) is 6.92 Å². The summed E-state index contributed by atoms with van der Waals surface area (Å²) in [5.74, 6) is 0. The fourth-order valence-corrected chi connectivity index (χ4v) is 2.33. The molecule has 0 aliphatic heterocycles. The van der Waals surface area contributed by atoms with E-state index >= 15 is 0 Å². The maximum atomic E-state index is 4.28. The molecule has 0 amide bonds. The first-order valence-corrected chi connectivity index (χ1v) is 5.31. The lowest BCUT2D eigenvalue weighted by molar-refractivity contribution is 0.481. The number of rotatable bonds is 3. The highest BCUT2D eigenvalue weighted by Gasteiger charge is 2.21. The van der Waals surface area contributed by atoms with Gasteiger partial charge in [0.15, 0.2) is 0 Å². The molecule has 2 heteroatoms. The Labute approximate surface area is 78.8 Å². The van der Waals surface area contributed by atoms with Gasteiger partial charge >= 0.3 is 0 Å². The number of hydrogen-bond acceptors (Lipinski definition) is 2. The smallest absolute Gasteiger partial charge is 0.0896 e. The van der Waals surface area contributed by atoms with Gasteiger partial charge in [0.25, 0.3) is 0 Å². The Morgan fingerprint density at radius 3 is 2.58 bits per heavy atom. The normalized spacial score (nSPS) is 12.0. The zero-order valence-corrected chi connectivity index (χ0v) is 9.16. The lowest BCUT2D eigenvalue weighted by Crippen LogP contribution is -2.14. The van der Waals surface area contributed by atoms with Crippen molar-refractivity contribution >= 4 is 11.3 Å². The van der Waals surface area contributed by atoms with Crippen molar-refractivity contribution in [2.45, 2.75) is 46.0 Å². The van der Waals surface area contributed by atoms with E-state index in [1.165, 1.54) is 22.7 Å². The largest absolute Gasteiger partial charge is 0.250 e. The van der Waals surface area contributed by atoms with E-state index in [9.17, 15) is 0 Å². The molecule has 0 fully saturated rings. The van der Waals surface area contributed by atoms with E-state index in [0.717, 1.165) is 0 Å². The second kappa shape index (κ2) is 3.56. The molecule has 0 bridgehead atoms. The van der Waals surface area contributed by atoms with Crippen LogP contribution in [0.5, 0.6) is 0 Å². The number of aromatic nitrogens is 1. The third kappa shape index (κ3) is 2.07. The van der Waals surface area contributed by atoms with E-state index in [0.29, 0.717) is 5.41 Å². The molecular weight excluding hydrogens is 166 g/mol. The Kier molecular flexibility index (Phi) is 2.89. The van der Waals surface area contributed by atoms with Crippen LogP contribution in [0.1, 0.15) is 43.5 Å². The summed E-state index contributed by atoms with van der Waals surface area (Å²) in [5, 5.41) is 1.18. The van der Waals surface area contributed by atoms with Gasteiger partial charge in [0, 0.05) is 16.5 Å². The van der Waals surface area contributed by atoms with Crippen LogP contribution in [0.15, 0.2) is 6.20 Å². The van der Waals surface area contributed by atoms with Crippen LogP contribution in [0.3, 0.4) is 0 Å². The minimum atomic E-state index is 0.320. The Hall–Kier alpha value is -0.370. The number of nitrogens with zero attached hydrogens (tertiary/aromatic N) is 1. The zero-order chi connectivity index (χ0) is 9.19. The average Bonchev–Trinajstić information content (AvgIpc) is 2.36. The zero-order valence-electron chi connectivity index (χ0n) is 8.35. The molecule has 0 unspecified atom stereocenters. The van der Waals surface area contributed by atoms with Gasteiger partial charge in [-0.05, 0) is 13.3 Å². The summed E-state index contributed by atoms with van der Waals surface area (Å²) >= 11 is 1.82. The van der Waals surface area contributed by atoms with E-state index in [2.05, 4.69) is 32.7 Å². The van der Waals surface area contributed by atoms with Crippen LogP contribution in [0.2, 0.25) is 0 Å². The third-order valence-electron chi connectivity index (χ3n) is 2.16. The topological polar surface area (TPSA) is 12.9 Å². The molecule has 1 heterocycles. The molecule has 1 rings (SSSR count). The first kappa shape index (κ1) is 9.72. The highest BCUT2D eigenvalue weighted by atomic mass is 32.1. The van der Waals surface area contributed by atoms with Crippen LogP contribution < -0.4 is 0 Å². The van der Waals surface area contributed by atoms with Crippen molar-refractivity contribution in [3.63, 3.8) is 0 Å². The second-order valence-electron chi connectivity index (χ2n) is 3.88. The van der Waals surface area contributed by atoms with Crippen molar-refractivity contribution in [1.29, 1.82) is 0 Å². The summed E-state index contributed by atoms with van der Waals surface area (Å²) in [6.07, 6.45) is 4.51. The molecule has 1 aromatic rings. The van der Waals surface area contributed by atoms with Crippen LogP contribution in [0.25, 0.3) is 0 Å². The number of hydrogen-bond donors (Lipinski definition) is 0. The predicted molar refractivity (Wildman–Crippen MR) is 54.8 cm³/mol. The van der Waals surface area contributed by atoms with Crippen molar-refractivity contribution in [2.24, 2.45) is 0 Å². The van der Waals surface area contributed by atoms with Crippen molar-refractivity contribution in [2.75, 3.05) is 0 Å². The first-order valence-electron chi connectivity index (χ1n) is 4.49. The minimum absolute atomic E-state index is 0.320. The summed E-state index contributed by atoms with van der Waals surface area (Å²) < 4.78 is 0. The van der Waals surface area contributed by atoms with E-state index in [-0.39, 0.29) is 0 Å². The maximum Gasteiger partial charge on any atom is 0.0896 e. The van der Waals surface area contributed by atoms with Gasteiger partial charge in [-0.2, -0.15) is 0 Å². The average molecular weight is 183 g/mol. The first-order chi connectivity index (χ1) is 5.56. The highest BCUT2D eigenvalue weighted by Crippen LogP contribution is 2.31. The van der Waals surface area contributed by atoms with Gasteiger partial charge in [-0.1, -0.05) is 27.2 Å². The molecule has 12 heavy (non-hydrogen) atoms. The second-order valence-corrected chi connectivity index (χ2v) is 5.11. The molecule has 0 spiro atoms. The van der Waals surface area contributed by atoms with Gasteiger partial charge < -0.3 is 0 Å². The molecule has 0 aromatic carbocycles. The van der Waals surface area contributed by atoms with Crippen molar-refractivity contribution in [1.82, 2.24) is 4.98 Å². The van der Waals surface area contributed by atoms with Crippen LogP contribution in [-0.4, -0.2) is 4.98 Å². The summed E-state index contributed by atoms with van der Waals surface area (Å²) in [5.41, 5.74) is 0.320. The molecular formula is C10H17NS. The van der Waals surface area contributed by atoms with E-state index in [1.807, 2.05) is 17.5 Å². The summed E-state index contributed by atoms with van der Waals surface area (Å²) in [4.78, 5) is 5.70. The Bertz CT molecular complexity index is 250. The van der Waals surface area contributed by atoms with Crippen LogP contribution in [-0.2, 0) is 5.41 Å². The highest BCUT2D eigenvalue weighted by molar-refractivity contribution is 7.11. The molecule has 1 nitrogen and oxygen atoms in total. The van der Waals surface area contributed by atoms with Gasteiger partial charge in [0.1, 0.15) is 0 Å². The Balaban J connectivity index is 2.81. The Morgan fingerprint density at radius 1 is 1.50 bits per heavy atom. The molecule has 0 aliphatic carbocycles. The molecule has 0 saturated carbocycles. The molecule has 0 saturated heterocycles. The third-order valence-corrected chi connectivity index (χ3v) is 3.44. The lowest BCUT2D eigenvalue weighted by Gasteiger charge is -2.21. The fourth-order valence-electron chi connectivity index (χ4n) is 1.42. The maximum absolute atomic E-state index is 4.28. The molecule has 0 aliphatic rings. The lowest BCUT2D eigenvalue weighted by atomic mass is 9.87. The molecule has 68 valence electrons. The van der Waals surface area contributed by atoms with Crippen LogP contribution >= 0.6 is 11.3 Å². The van der Waals surface area contributed by atoms with Gasteiger partial charge in [-0.25, -0.2) is 4.98 Å². The van der Waals surface area contributed by atoms with Gasteiger partial charge in [-0.3, -0.25) is 0 Å². The van der Waals surface area contributed by atoms with Gasteiger partial charge in [0.05, 0.1) is 5.01 Å².